The third-order valence-corrected chi connectivity index (χ3v) is 5.04. The van der Waals surface area contributed by atoms with Gasteiger partial charge in [-0.05, 0) is 43.4 Å². The molecule has 3 aliphatic rings. The van der Waals surface area contributed by atoms with Crippen LogP contribution in [-0.4, -0.2) is 13.2 Å². The van der Waals surface area contributed by atoms with Crippen LogP contribution in [0.25, 0.3) is 0 Å². The molecule has 0 aromatic heterocycles. The van der Waals surface area contributed by atoms with Crippen LogP contribution in [0.4, 0.5) is 0 Å². The smallest absolute Gasteiger partial charge is 0.162 e. The fraction of sp³-hybridized carbons (Fsp3) is 0.571. The van der Waals surface area contributed by atoms with Gasteiger partial charge < -0.3 is 15.2 Å². The van der Waals surface area contributed by atoms with Crippen molar-refractivity contribution < 1.29 is 9.47 Å². The molecule has 3 nitrogen and oxygen atoms in total. The first-order valence-corrected chi connectivity index (χ1v) is 7.28. The van der Waals surface area contributed by atoms with Gasteiger partial charge in [-0.15, -0.1) is 0 Å². The zero-order chi connectivity index (χ0) is 12.4. The van der Waals surface area contributed by atoms with Gasteiger partial charge in [-0.1, -0.05) is 15.9 Å². The predicted molar refractivity (Wildman–Crippen MR) is 71.9 cm³/mol. The van der Waals surface area contributed by atoms with Crippen molar-refractivity contribution in [3.8, 4) is 11.5 Å². The molecule has 2 N–H and O–H groups in total. The Kier molecular flexibility index (Phi) is 2.11. The SMILES string of the molecule is NC1(c2cc3c(cc2Br)OCC2(CC2)CO3)CC1. The lowest BCUT2D eigenvalue weighted by Gasteiger charge is -2.15. The summed E-state index contributed by atoms with van der Waals surface area (Å²) in [7, 11) is 0. The van der Waals surface area contributed by atoms with Crippen LogP contribution < -0.4 is 15.2 Å². The van der Waals surface area contributed by atoms with Crippen molar-refractivity contribution >= 4 is 15.9 Å². The van der Waals surface area contributed by atoms with E-state index in [1.54, 1.807) is 0 Å². The van der Waals surface area contributed by atoms with Crippen molar-refractivity contribution in [1.29, 1.82) is 0 Å². The Labute approximate surface area is 115 Å². The Balaban J connectivity index is 1.73. The molecule has 1 aliphatic heterocycles. The summed E-state index contributed by atoms with van der Waals surface area (Å²) in [6.45, 7) is 1.55. The van der Waals surface area contributed by atoms with Gasteiger partial charge in [-0.25, -0.2) is 0 Å². The highest BCUT2D eigenvalue weighted by Crippen LogP contribution is 2.52. The number of hydrogen-bond donors (Lipinski definition) is 1. The van der Waals surface area contributed by atoms with E-state index < -0.39 is 0 Å². The first-order chi connectivity index (χ1) is 8.60. The number of hydrogen-bond acceptors (Lipinski definition) is 3. The van der Waals surface area contributed by atoms with Crippen LogP contribution >= 0.6 is 15.9 Å². The fourth-order valence-electron chi connectivity index (χ4n) is 2.52. The largest absolute Gasteiger partial charge is 0.489 e. The molecule has 4 heteroatoms. The predicted octanol–water partition coefficient (Wildman–Crippen LogP) is 2.95. The molecule has 0 unspecified atom stereocenters. The van der Waals surface area contributed by atoms with Gasteiger partial charge in [-0.2, -0.15) is 0 Å². The summed E-state index contributed by atoms with van der Waals surface area (Å²) in [5, 5.41) is 0. The van der Waals surface area contributed by atoms with E-state index >= 15 is 0 Å². The first-order valence-electron chi connectivity index (χ1n) is 6.49. The molecule has 0 bridgehead atoms. The van der Waals surface area contributed by atoms with Crippen LogP contribution in [0.5, 0.6) is 11.5 Å². The van der Waals surface area contributed by atoms with Gasteiger partial charge in [0.2, 0.25) is 0 Å². The first kappa shape index (κ1) is 11.1. The molecule has 96 valence electrons. The van der Waals surface area contributed by atoms with E-state index in [0.717, 1.165) is 47.6 Å². The van der Waals surface area contributed by atoms with Crippen molar-refractivity contribution in [2.75, 3.05) is 13.2 Å². The molecule has 2 saturated carbocycles. The number of nitrogens with two attached hydrogens (primary N) is 1. The van der Waals surface area contributed by atoms with E-state index in [9.17, 15) is 0 Å². The summed E-state index contributed by atoms with van der Waals surface area (Å²) in [6, 6.07) is 4.08. The number of fused-ring (bicyclic) bond motifs is 1. The van der Waals surface area contributed by atoms with E-state index in [2.05, 4.69) is 22.0 Å². The average Bonchev–Trinajstić information content (AvgIpc) is 3.24. The quantitative estimate of drug-likeness (QED) is 0.867. The van der Waals surface area contributed by atoms with Gasteiger partial charge in [0, 0.05) is 15.4 Å². The van der Waals surface area contributed by atoms with Gasteiger partial charge >= 0.3 is 0 Å². The van der Waals surface area contributed by atoms with Crippen LogP contribution in [0, 0.1) is 5.41 Å². The van der Waals surface area contributed by atoms with Crippen LogP contribution in [0.1, 0.15) is 31.2 Å². The van der Waals surface area contributed by atoms with Crippen molar-refractivity contribution in [3.63, 3.8) is 0 Å². The molecule has 4 rings (SSSR count). The maximum atomic E-state index is 6.28. The monoisotopic (exact) mass is 309 g/mol. The zero-order valence-corrected chi connectivity index (χ0v) is 11.8. The van der Waals surface area contributed by atoms with Gasteiger partial charge in [0.25, 0.3) is 0 Å². The maximum Gasteiger partial charge on any atom is 0.162 e. The highest BCUT2D eigenvalue weighted by molar-refractivity contribution is 9.10. The number of benzene rings is 1. The van der Waals surface area contributed by atoms with Crippen LogP contribution in [0.2, 0.25) is 0 Å². The highest BCUT2D eigenvalue weighted by atomic mass is 79.9. The van der Waals surface area contributed by atoms with E-state index in [1.807, 2.05) is 6.07 Å². The highest BCUT2D eigenvalue weighted by Gasteiger charge is 2.47. The summed E-state index contributed by atoms with van der Waals surface area (Å²) in [5.41, 5.74) is 7.56. The molecular formula is C14H16BrNO2. The summed E-state index contributed by atoms with van der Waals surface area (Å²) in [6.07, 6.45) is 4.54. The molecule has 1 aromatic rings. The van der Waals surface area contributed by atoms with E-state index in [0.29, 0.717) is 0 Å². The lowest BCUT2D eigenvalue weighted by Crippen LogP contribution is -2.19. The standard InChI is InChI=1S/C14H16BrNO2/c15-10-6-12-11(5-9(10)14(16)3-4-14)17-7-13(1-2-13)8-18-12/h5-6H,1-4,7-8,16H2. The van der Waals surface area contributed by atoms with E-state index in [-0.39, 0.29) is 11.0 Å². The second kappa shape index (κ2) is 3.42. The zero-order valence-electron chi connectivity index (χ0n) is 10.2. The molecule has 1 heterocycles. The maximum absolute atomic E-state index is 6.28. The van der Waals surface area contributed by atoms with Crippen molar-refractivity contribution in [1.82, 2.24) is 0 Å². The van der Waals surface area contributed by atoms with Crippen molar-refractivity contribution in [2.24, 2.45) is 11.1 Å². The molecule has 1 spiro atoms. The fourth-order valence-corrected chi connectivity index (χ4v) is 3.23. The summed E-state index contributed by atoms with van der Waals surface area (Å²) in [4.78, 5) is 0. The minimum Gasteiger partial charge on any atom is -0.489 e. The Hall–Kier alpha value is -0.740. The molecule has 0 amide bonds. The molecular weight excluding hydrogens is 294 g/mol. The number of ether oxygens (including phenoxy) is 2. The molecule has 2 fully saturated rings. The summed E-state index contributed by atoms with van der Waals surface area (Å²) >= 11 is 3.61. The number of rotatable bonds is 1. The van der Waals surface area contributed by atoms with Crippen LogP contribution in [-0.2, 0) is 5.54 Å². The molecule has 18 heavy (non-hydrogen) atoms. The lowest BCUT2D eigenvalue weighted by molar-refractivity contribution is 0.197. The van der Waals surface area contributed by atoms with Gasteiger partial charge in [0.05, 0.1) is 13.2 Å². The minimum atomic E-state index is -0.152. The molecule has 0 saturated heterocycles. The van der Waals surface area contributed by atoms with E-state index in [4.69, 9.17) is 15.2 Å². The van der Waals surface area contributed by atoms with E-state index in [1.165, 1.54) is 12.8 Å². The minimum absolute atomic E-state index is 0.152. The second-order valence-electron chi connectivity index (χ2n) is 6.01. The van der Waals surface area contributed by atoms with Gasteiger partial charge in [0.1, 0.15) is 0 Å². The average molecular weight is 310 g/mol. The van der Waals surface area contributed by atoms with Crippen molar-refractivity contribution in [3.05, 3.63) is 22.2 Å². The third kappa shape index (κ3) is 1.66. The summed E-state index contributed by atoms with van der Waals surface area (Å²) < 4.78 is 12.9. The molecule has 2 aliphatic carbocycles. The summed E-state index contributed by atoms with van der Waals surface area (Å²) in [5.74, 6) is 1.70. The van der Waals surface area contributed by atoms with Crippen LogP contribution in [0.3, 0.4) is 0 Å². The topological polar surface area (TPSA) is 44.5 Å². The Bertz CT molecular complexity index is 521. The van der Waals surface area contributed by atoms with Crippen molar-refractivity contribution in [2.45, 2.75) is 31.2 Å². The lowest BCUT2D eigenvalue weighted by atomic mass is 10.1. The number of halogens is 1. The van der Waals surface area contributed by atoms with Crippen LogP contribution in [0.15, 0.2) is 16.6 Å². The Morgan fingerprint density at radius 3 is 2.17 bits per heavy atom. The Morgan fingerprint density at radius 1 is 1.00 bits per heavy atom. The Morgan fingerprint density at radius 2 is 1.61 bits per heavy atom. The van der Waals surface area contributed by atoms with Gasteiger partial charge in [0.15, 0.2) is 11.5 Å². The molecule has 1 aromatic carbocycles. The third-order valence-electron chi connectivity index (χ3n) is 4.38. The molecule has 0 radical (unpaired) electrons. The molecule has 0 atom stereocenters. The van der Waals surface area contributed by atoms with Gasteiger partial charge in [-0.3, -0.25) is 0 Å². The second-order valence-corrected chi connectivity index (χ2v) is 6.87. The normalized spacial score (nSPS) is 25.7.